The monoisotopic (exact) mass is 341 g/mol. The summed E-state index contributed by atoms with van der Waals surface area (Å²) in [5.41, 5.74) is 2.47. The highest BCUT2D eigenvalue weighted by atomic mass is 16.2. The molecule has 6 heteroatoms. The number of nitrogens with zero attached hydrogens (tertiary/aromatic N) is 3. The summed E-state index contributed by atoms with van der Waals surface area (Å²) in [6.07, 6.45) is 8.57. The first-order valence-corrected chi connectivity index (χ1v) is 9.29. The zero-order valence-corrected chi connectivity index (χ0v) is 14.9. The zero-order valence-electron chi connectivity index (χ0n) is 14.9. The van der Waals surface area contributed by atoms with Gasteiger partial charge in [-0.05, 0) is 56.5 Å². The van der Waals surface area contributed by atoms with Crippen molar-refractivity contribution in [2.45, 2.75) is 51.5 Å². The van der Waals surface area contributed by atoms with Crippen molar-refractivity contribution < 1.29 is 4.79 Å². The van der Waals surface area contributed by atoms with Crippen LogP contribution in [0, 0.1) is 0 Å². The van der Waals surface area contributed by atoms with Crippen LogP contribution >= 0.6 is 0 Å². The molecule has 2 N–H and O–H groups in total. The van der Waals surface area contributed by atoms with Crippen molar-refractivity contribution in [2.24, 2.45) is 0 Å². The van der Waals surface area contributed by atoms with Gasteiger partial charge < -0.3 is 10.6 Å². The number of benzene rings is 1. The zero-order chi connectivity index (χ0) is 17.5. The molecule has 1 aromatic carbocycles. The first-order chi connectivity index (χ1) is 12.3. The predicted octanol–water partition coefficient (Wildman–Crippen LogP) is 3.19. The Balaban J connectivity index is 1.55. The van der Waals surface area contributed by atoms with Crippen molar-refractivity contribution in [1.82, 2.24) is 20.3 Å². The number of carbonyl (C=O) groups is 1. The van der Waals surface area contributed by atoms with Crippen molar-refractivity contribution in [3.05, 3.63) is 41.7 Å². The molecule has 0 unspecified atom stereocenters. The topological polar surface area (TPSA) is 71.8 Å². The first kappa shape index (κ1) is 17.6. The number of unbranched alkanes of at least 4 members (excludes halogenated alkanes) is 2. The van der Waals surface area contributed by atoms with Crippen LogP contribution in [0.25, 0.3) is 0 Å². The summed E-state index contributed by atoms with van der Waals surface area (Å²) in [5.74, 6) is -0.209. The first-order valence-electron chi connectivity index (χ1n) is 9.29. The minimum Gasteiger partial charge on any atom is -0.321 e. The Morgan fingerprint density at radius 3 is 2.72 bits per heavy atom. The highest BCUT2D eigenvalue weighted by molar-refractivity contribution is 6.02. The smallest absolute Gasteiger partial charge is 0.277 e. The van der Waals surface area contributed by atoms with Gasteiger partial charge >= 0.3 is 0 Å². The third-order valence-electron chi connectivity index (χ3n) is 4.71. The second-order valence-electron chi connectivity index (χ2n) is 6.67. The van der Waals surface area contributed by atoms with Gasteiger partial charge in [0.1, 0.15) is 0 Å². The molecular weight excluding hydrogens is 314 g/mol. The minimum absolute atomic E-state index is 0.209. The lowest BCUT2D eigenvalue weighted by atomic mass is 10.1. The van der Waals surface area contributed by atoms with Crippen molar-refractivity contribution in [2.75, 3.05) is 18.4 Å². The van der Waals surface area contributed by atoms with Gasteiger partial charge in [-0.25, -0.2) is 4.68 Å². The van der Waals surface area contributed by atoms with Crippen LogP contribution in [-0.2, 0) is 6.42 Å². The fraction of sp³-hybridized carbons (Fsp3) is 0.526. The van der Waals surface area contributed by atoms with Crippen LogP contribution < -0.4 is 10.6 Å². The molecule has 0 aliphatic carbocycles. The van der Waals surface area contributed by atoms with E-state index in [1.807, 2.05) is 16.8 Å². The van der Waals surface area contributed by atoms with Gasteiger partial charge in [0, 0.05) is 5.69 Å². The van der Waals surface area contributed by atoms with Gasteiger partial charge in [-0.1, -0.05) is 37.1 Å². The normalized spacial score (nSPS) is 15.2. The molecule has 6 nitrogen and oxygen atoms in total. The van der Waals surface area contributed by atoms with Crippen molar-refractivity contribution in [3.63, 3.8) is 0 Å². The molecule has 1 saturated heterocycles. The van der Waals surface area contributed by atoms with Crippen molar-refractivity contribution in [3.8, 4) is 0 Å². The van der Waals surface area contributed by atoms with E-state index in [0.29, 0.717) is 11.7 Å². The Bertz CT molecular complexity index is 673. The van der Waals surface area contributed by atoms with Gasteiger partial charge in [-0.2, -0.15) is 0 Å². The summed E-state index contributed by atoms with van der Waals surface area (Å²) in [7, 11) is 0. The van der Waals surface area contributed by atoms with Gasteiger partial charge in [0.2, 0.25) is 0 Å². The number of aryl methyl sites for hydroxylation is 1. The second-order valence-corrected chi connectivity index (χ2v) is 6.67. The maximum Gasteiger partial charge on any atom is 0.277 e. The summed E-state index contributed by atoms with van der Waals surface area (Å²) in [4.78, 5) is 12.4. The molecule has 1 amide bonds. The fourth-order valence-electron chi connectivity index (χ4n) is 3.16. The Kier molecular flexibility index (Phi) is 6.17. The molecule has 134 valence electrons. The number of amides is 1. The van der Waals surface area contributed by atoms with E-state index in [4.69, 9.17) is 0 Å². The van der Waals surface area contributed by atoms with E-state index in [0.717, 1.165) is 38.0 Å². The predicted molar refractivity (Wildman–Crippen MR) is 98.8 cm³/mol. The molecule has 1 aliphatic heterocycles. The summed E-state index contributed by atoms with van der Waals surface area (Å²) >= 11 is 0. The summed E-state index contributed by atoms with van der Waals surface area (Å²) in [6, 6.07) is 8.40. The molecule has 25 heavy (non-hydrogen) atoms. The van der Waals surface area contributed by atoms with Crippen LogP contribution in [0.2, 0.25) is 0 Å². The van der Waals surface area contributed by atoms with Crippen LogP contribution in [0.5, 0.6) is 0 Å². The number of hydrogen-bond donors (Lipinski definition) is 2. The van der Waals surface area contributed by atoms with Gasteiger partial charge in [0.15, 0.2) is 5.69 Å². The molecule has 2 aromatic rings. The molecule has 0 saturated carbocycles. The number of rotatable bonds is 7. The quantitative estimate of drug-likeness (QED) is 0.759. The maximum absolute atomic E-state index is 12.4. The summed E-state index contributed by atoms with van der Waals surface area (Å²) in [6.45, 7) is 4.17. The average Bonchev–Trinajstić information content (AvgIpc) is 3.14. The average molecular weight is 341 g/mol. The Labute approximate surface area is 149 Å². The summed E-state index contributed by atoms with van der Waals surface area (Å²) in [5, 5.41) is 14.4. The minimum atomic E-state index is -0.209. The third kappa shape index (κ3) is 4.89. The summed E-state index contributed by atoms with van der Waals surface area (Å²) < 4.78 is 1.83. The number of anilines is 1. The Hall–Kier alpha value is -2.21. The highest BCUT2D eigenvalue weighted by Gasteiger charge is 2.18. The lowest BCUT2D eigenvalue weighted by Crippen LogP contribution is -2.29. The van der Waals surface area contributed by atoms with Crippen molar-refractivity contribution in [1.29, 1.82) is 0 Å². The van der Waals surface area contributed by atoms with Crippen LogP contribution in [0.3, 0.4) is 0 Å². The molecular formula is C19H27N5O. The molecule has 0 bridgehead atoms. The third-order valence-corrected chi connectivity index (χ3v) is 4.71. The molecule has 0 radical (unpaired) electrons. The Morgan fingerprint density at radius 2 is 2.00 bits per heavy atom. The molecule has 0 spiro atoms. The number of hydrogen-bond acceptors (Lipinski definition) is 4. The number of piperidine rings is 1. The largest absolute Gasteiger partial charge is 0.321 e. The van der Waals surface area contributed by atoms with E-state index in [1.165, 1.54) is 24.8 Å². The van der Waals surface area contributed by atoms with E-state index in [2.05, 4.69) is 40.0 Å². The second kappa shape index (κ2) is 8.76. The van der Waals surface area contributed by atoms with Crippen LogP contribution in [0.1, 0.15) is 61.1 Å². The van der Waals surface area contributed by atoms with Gasteiger partial charge in [-0.15, -0.1) is 5.10 Å². The maximum atomic E-state index is 12.4. The molecule has 0 atom stereocenters. The van der Waals surface area contributed by atoms with E-state index in [9.17, 15) is 4.79 Å². The van der Waals surface area contributed by atoms with Gasteiger partial charge in [0.05, 0.1) is 12.2 Å². The lowest BCUT2D eigenvalue weighted by molar-refractivity contribution is 0.102. The van der Waals surface area contributed by atoms with Crippen LogP contribution in [0.4, 0.5) is 5.69 Å². The SMILES string of the molecule is CCCCCc1ccc(NC(=O)c2cn(C3CCNCC3)nn2)cc1. The van der Waals surface area contributed by atoms with Crippen molar-refractivity contribution >= 4 is 11.6 Å². The lowest BCUT2D eigenvalue weighted by Gasteiger charge is -2.22. The highest BCUT2D eigenvalue weighted by Crippen LogP contribution is 2.18. The fourth-order valence-corrected chi connectivity index (χ4v) is 3.16. The number of nitrogens with one attached hydrogen (secondary N) is 2. The molecule has 2 heterocycles. The Morgan fingerprint density at radius 1 is 1.24 bits per heavy atom. The molecule has 1 aromatic heterocycles. The van der Waals surface area contributed by atoms with Crippen LogP contribution in [0.15, 0.2) is 30.5 Å². The van der Waals surface area contributed by atoms with E-state index in [-0.39, 0.29) is 5.91 Å². The van der Waals surface area contributed by atoms with Crippen LogP contribution in [-0.4, -0.2) is 34.0 Å². The van der Waals surface area contributed by atoms with E-state index >= 15 is 0 Å². The van der Waals surface area contributed by atoms with Gasteiger partial charge in [-0.3, -0.25) is 4.79 Å². The van der Waals surface area contributed by atoms with E-state index in [1.54, 1.807) is 6.20 Å². The number of aromatic nitrogens is 3. The molecule has 1 fully saturated rings. The molecule has 3 rings (SSSR count). The standard InChI is InChI=1S/C19H27N5O/c1-2-3-4-5-15-6-8-16(9-7-15)21-19(25)18-14-24(23-22-18)17-10-12-20-13-11-17/h6-9,14,17,20H,2-5,10-13H2,1H3,(H,21,25). The van der Waals surface area contributed by atoms with Gasteiger partial charge in [0.25, 0.3) is 5.91 Å². The van der Waals surface area contributed by atoms with E-state index < -0.39 is 0 Å². The number of carbonyl (C=O) groups excluding carboxylic acids is 1. The molecule has 1 aliphatic rings.